The number of hydrogen-bond acceptors (Lipinski definition) is 5. The van der Waals surface area contributed by atoms with Crippen LogP contribution in [0.25, 0.3) is 11.1 Å². The lowest BCUT2D eigenvalue weighted by molar-refractivity contribution is -0.138. The maximum absolute atomic E-state index is 13.7. The highest BCUT2D eigenvalue weighted by Gasteiger charge is 2.28. The molecule has 0 spiro atoms. The monoisotopic (exact) mass is 599 g/mol. The minimum atomic E-state index is -0.734. The van der Waals surface area contributed by atoms with E-state index in [-0.39, 0.29) is 51.2 Å². The van der Waals surface area contributed by atoms with Crippen molar-refractivity contribution in [3.8, 4) is 0 Å². The van der Waals surface area contributed by atoms with Gasteiger partial charge in [-0.05, 0) is 58.6 Å². The van der Waals surface area contributed by atoms with Crippen LogP contribution in [0.2, 0.25) is 0 Å². The molecule has 0 fully saturated rings. The molecule has 0 aliphatic heterocycles. The molecule has 6 heteroatoms. The van der Waals surface area contributed by atoms with Crippen molar-refractivity contribution in [3.63, 3.8) is 0 Å². The van der Waals surface area contributed by atoms with E-state index in [2.05, 4.69) is 53.8 Å². The fourth-order valence-electron chi connectivity index (χ4n) is 4.98. The minimum Gasteiger partial charge on any atom is -0.506 e. The van der Waals surface area contributed by atoms with Crippen LogP contribution in [0.5, 0.6) is 0 Å². The zero-order valence-electron chi connectivity index (χ0n) is 27.6. The van der Waals surface area contributed by atoms with Crippen molar-refractivity contribution in [2.75, 3.05) is 13.2 Å². The first-order valence-electron chi connectivity index (χ1n) is 15.7. The van der Waals surface area contributed by atoms with Gasteiger partial charge < -0.3 is 20.3 Å². The Morgan fingerprint density at radius 2 is 1.14 bits per heavy atom. The summed E-state index contributed by atoms with van der Waals surface area (Å²) in [5.74, 6) is -1.83. The summed E-state index contributed by atoms with van der Waals surface area (Å²) in [6.07, 6.45) is 6.84. The average molecular weight is 600 g/mol. The molecule has 3 rings (SSSR count). The Morgan fingerprint density at radius 1 is 0.682 bits per heavy atom. The Hall–Kier alpha value is -4.06. The summed E-state index contributed by atoms with van der Waals surface area (Å²) in [4.78, 5) is 26.9. The van der Waals surface area contributed by atoms with E-state index in [0.717, 1.165) is 36.8 Å². The SMILES string of the molecule is CCCCCCNC(=O)C1=C(O)/C(c2ccc(C(C)(C)C)cc2)=C\C(C(=O)OCC)=C(O)/C(c2ccc(C(C)(C)C)cc2)=C\1. The molecule has 3 N–H and O–H groups in total. The number of hydrogen-bond donors (Lipinski definition) is 3. The quantitative estimate of drug-likeness (QED) is 0.188. The van der Waals surface area contributed by atoms with Crippen LogP contribution in [0.4, 0.5) is 0 Å². The number of benzene rings is 2. The molecule has 44 heavy (non-hydrogen) atoms. The lowest BCUT2D eigenvalue weighted by atomic mass is 9.84. The van der Waals surface area contributed by atoms with Crippen LogP contribution in [0, 0.1) is 0 Å². The Morgan fingerprint density at radius 3 is 1.57 bits per heavy atom. The second-order valence-electron chi connectivity index (χ2n) is 13.3. The highest BCUT2D eigenvalue weighted by atomic mass is 16.5. The third kappa shape index (κ3) is 8.52. The van der Waals surface area contributed by atoms with Crippen molar-refractivity contribution in [1.82, 2.24) is 5.32 Å². The van der Waals surface area contributed by atoms with Gasteiger partial charge in [0.15, 0.2) is 0 Å². The summed E-state index contributed by atoms with van der Waals surface area (Å²) < 4.78 is 5.33. The normalized spacial score (nSPS) is 20.1. The van der Waals surface area contributed by atoms with E-state index >= 15 is 0 Å². The molecule has 0 unspecified atom stereocenters. The van der Waals surface area contributed by atoms with Crippen LogP contribution < -0.4 is 5.32 Å². The number of rotatable bonds is 10. The second kappa shape index (κ2) is 14.6. The van der Waals surface area contributed by atoms with Gasteiger partial charge in [-0.1, -0.05) is 116 Å². The van der Waals surface area contributed by atoms with E-state index in [4.69, 9.17) is 4.74 Å². The van der Waals surface area contributed by atoms with Crippen LogP contribution in [0.1, 0.15) is 103 Å². The number of ether oxygens (including phenoxy) is 1. The topological polar surface area (TPSA) is 95.9 Å². The number of carbonyl (C=O) groups is 2. The van der Waals surface area contributed by atoms with Gasteiger partial charge >= 0.3 is 5.97 Å². The van der Waals surface area contributed by atoms with Crippen LogP contribution >= 0.6 is 0 Å². The Bertz CT molecular complexity index is 1400. The van der Waals surface area contributed by atoms with Crippen molar-refractivity contribution < 1.29 is 24.5 Å². The number of carbonyl (C=O) groups excluding carboxylic acids is 2. The van der Waals surface area contributed by atoms with Crippen molar-refractivity contribution in [1.29, 1.82) is 0 Å². The van der Waals surface area contributed by atoms with E-state index in [1.165, 1.54) is 12.2 Å². The van der Waals surface area contributed by atoms with Gasteiger partial charge in [0.05, 0.1) is 12.2 Å². The van der Waals surface area contributed by atoms with Crippen LogP contribution in [0.15, 0.2) is 83.3 Å². The van der Waals surface area contributed by atoms with Gasteiger partial charge in [0.25, 0.3) is 5.91 Å². The lowest BCUT2D eigenvalue weighted by Crippen LogP contribution is -2.27. The summed E-state index contributed by atoms with van der Waals surface area (Å²) in [6, 6.07) is 15.2. The Labute approximate surface area is 263 Å². The first-order chi connectivity index (χ1) is 20.7. The number of esters is 1. The van der Waals surface area contributed by atoms with Crippen molar-refractivity contribution >= 4 is 23.0 Å². The molecule has 0 atom stereocenters. The smallest absolute Gasteiger partial charge is 0.341 e. The third-order valence-electron chi connectivity index (χ3n) is 7.78. The standard InChI is InChI=1S/C38H49NO5/c1-9-11-12-13-22-39-35(42)31-23-29(25-14-18-27(19-15-25)37(3,4)5)34(41)32(36(43)44-10-2)24-30(33(31)40)26-16-20-28(21-17-26)38(6,7)8/h14-21,23-24,40-41H,9-13,22H2,1-8H3,(H,39,42)/b29-23-,30-24-,31-23?,32-24?,33-30?,33-31-,34-29?,34-32-. The second-order valence-corrected chi connectivity index (χ2v) is 13.3. The number of nitrogens with one attached hydrogen (secondary N) is 1. The van der Waals surface area contributed by atoms with Gasteiger partial charge in [-0.2, -0.15) is 0 Å². The summed E-state index contributed by atoms with van der Waals surface area (Å²) in [5.41, 5.74) is 3.51. The van der Waals surface area contributed by atoms with Crippen molar-refractivity contribution in [2.24, 2.45) is 0 Å². The maximum atomic E-state index is 13.7. The van der Waals surface area contributed by atoms with E-state index in [1.54, 1.807) is 6.92 Å². The fourth-order valence-corrected chi connectivity index (χ4v) is 4.98. The van der Waals surface area contributed by atoms with Gasteiger partial charge in [-0.15, -0.1) is 0 Å². The summed E-state index contributed by atoms with van der Waals surface area (Å²) >= 11 is 0. The molecule has 236 valence electrons. The predicted octanol–water partition coefficient (Wildman–Crippen LogP) is 8.65. The minimum absolute atomic E-state index is 0.00371. The Kier molecular flexibility index (Phi) is 11.4. The highest BCUT2D eigenvalue weighted by Crippen LogP contribution is 2.36. The first-order valence-corrected chi connectivity index (χ1v) is 15.7. The number of amides is 1. The lowest BCUT2D eigenvalue weighted by Gasteiger charge is -2.22. The first kappa shape index (κ1) is 34.4. The van der Waals surface area contributed by atoms with Crippen molar-refractivity contribution in [3.05, 3.63) is 106 Å². The van der Waals surface area contributed by atoms with Crippen LogP contribution in [0.3, 0.4) is 0 Å². The van der Waals surface area contributed by atoms with Crippen LogP contribution in [-0.4, -0.2) is 35.2 Å². The summed E-state index contributed by atoms with van der Waals surface area (Å²) in [7, 11) is 0. The van der Waals surface area contributed by atoms with Gasteiger partial charge in [-0.3, -0.25) is 4.79 Å². The van der Waals surface area contributed by atoms with Gasteiger partial charge in [0, 0.05) is 17.7 Å². The molecule has 1 amide bonds. The molecule has 0 radical (unpaired) electrons. The Balaban J connectivity index is 2.26. The van der Waals surface area contributed by atoms with Gasteiger partial charge in [-0.25, -0.2) is 4.79 Å². The van der Waals surface area contributed by atoms with Gasteiger partial charge in [0.2, 0.25) is 0 Å². The number of aliphatic hydroxyl groups is 2. The van der Waals surface area contributed by atoms with E-state index in [1.807, 2.05) is 48.5 Å². The average Bonchev–Trinajstić information content (AvgIpc) is 2.96. The molecule has 0 bridgehead atoms. The molecular formula is C38H49NO5. The molecule has 2 aromatic carbocycles. The molecule has 0 heterocycles. The number of unbranched alkanes of at least 4 members (excludes halogenated alkanes) is 3. The number of aliphatic hydroxyl groups excluding tert-OH is 2. The molecule has 0 saturated heterocycles. The summed E-state index contributed by atoms with van der Waals surface area (Å²) in [5, 5.41) is 26.5. The molecule has 0 aromatic heterocycles. The number of allylic oxidation sites excluding steroid dienone is 2. The fraction of sp³-hybridized carbons (Fsp3) is 0.421. The van der Waals surface area contributed by atoms with E-state index in [9.17, 15) is 19.8 Å². The van der Waals surface area contributed by atoms with Crippen molar-refractivity contribution in [2.45, 2.75) is 91.9 Å². The molecule has 1 aliphatic carbocycles. The zero-order valence-corrected chi connectivity index (χ0v) is 27.6. The highest BCUT2D eigenvalue weighted by molar-refractivity contribution is 6.07. The van der Waals surface area contributed by atoms with E-state index < -0.39 is 11.9 Å². The van der Waals surface area contributed by atoms with Crippen LogP contribution in [-0.2, 0) is 25.2 Å². The zero-order chi connectivity index (χ0) is 32.7. The third-order valence-corrected chi connectivity index (χ3v) is 7.78. The predicted molar refractivity (Wildman–Crippen MR) is 179 cm³/mol. The van der Waals surface area contributed by atoms with Gasteiger partial charge in [0.1, 0.15) is 17.1 Å². The molecule has 0 saturated carbocycles. The molecular weight excluding hydrogens is 550 g/mol. The maximum Gasteiger partial charge on any atom is 0.341 e. The molecule has 2 aromatic rings. The van der Waals surface area contributed by atoms with E-state index in [0.29, 0.717) is 17.7 Å². The molecule has 6 nitrogen and oxygen atoms in total. The molecule has 1 aliphatic rings. The summed E-state index contributed by atoms with van der Waals surface area (Å²) in [6.45, 7) is 17.0. The largest absolute Gasteiger partial charge is 0.506 e.